The molecule has 4 aromatic rings. The molecule has 0 spiro atoms. The van der Waals surface area contributed by atoms with Crippen molar-refractivity contribution >= 4 is 11.7 Å². The number of nitrogens with zero attached hydrogens (tertiary/aromatic N) is 3. The molecule has 1 aromatic carbocycles. The van der Waals surface area contributed by atoms with E-state index in [4.69, 9.17) is 4.42 Å². The number of aryl methyl sites for hydroxylation is 2. The smallest absolute Gasteiger partial charge is 0.257 e. The average molecular weight is 415 g/mol. The number of aromatic nitrogens is 4. The first-order chi connectivity index (χ1) is 15.1. The molecule has 0 aliphatic heterocycles. The minimum absolute atomic E-state index is 0.161. The van der Waals surface area contributed by atoms with Crippen LogP contribution in [-0.4, -0.2) is 25.7 Å². The lowest BCUT2D eigenvalue weighted by molar-refractivity contribution is 0.102. The van der Waals surface area contributed by atoms with Crippen LogP contribution >= 0.6 is 0 Å². The first-order valence-electron chi connectivity index (χ1n) is 10.2. The molecule has 1 aliphatic carbocycles. The minimum atomic E-state index is -0.273. The Morgan fingerprint density at radius 3 is 2.81 bits per heavy atom. The van der Waals surface area contributed by atoms with E-state index in [1.807, 2.05) is 25.1 Å². The first kappa shape index (κ1) is 19.0. The second-order valence-electron chi connectivity index (χ2n) is 7.59. The van der Waals surface area contributed by atoms with Crippen molar-refractivity contribution in [1.82, 2.24) is 19.7 Å². The average Bonchev–Trinajstić information content (AvgIpc) is 3.44. The number of furan rings is 1. The van der Waals surface area contributed by atoms with Crippen LogP contribution in [0, 0.1) is 6.92 Å². The highest BCUT2D eigenvalue weighted by molar-refractivity contribution is 6.05. The van der Waals surface area contributed by atoms with Crippen molar-refractivity contribution in [2.75, 3.05) is 5.32 Å². The Balaban J connectivity index is 1.60. The molecule has 0 atom stereocenters. The summed E-state index contributed by atoms with van der Waals surface area (Å²) in [6, 6.07) is 12.6. The molecule has 0 unspecified atom stereocenters. The van der Waals surface area contributed by atoms with Crippen LogP contribution in [0.2, 0.25) is 0 Å². The lowest BCUT2D eigenvalue weighted by atomic mass is 9.97. The Labute approximate surface area is 178 Å². The van der Waals surface area contributed by atoms with Crippen molar-refractivity contribution in [3.8, 4) is 17.4 Å². The normalized spacial score (nSPS) is 13.1. The van der Waals surface area contributed by atoms with Crippen molar-refractivity contribution in [1.29, 1.82) is 0 Å². The number of fused-ring (bicyclic) bond motifs is 1. The zero-order chi connectivity index (χ0) is 21.4. The summed E-state index contributed by atoms with van der Waals surface area (Å²) in [5.41, 5.74) is 3.30. The van der Waals surface area contributed by atoms with E-state index >= 15 is 0 Å². The first-order valence-corrected chi connectivity index (χ1v) is 10.2. The molecule has 0 radical (unpaired) electrons. The van der Waals surface area contributed by atoms with Gasteiger partial charge in [0.1, 0.15) is 11.5 Å². The van der Waals surface area contributed by atoms with E-state index in [-0.39, 0.29) is 17.4 Å². The highest BCUT2D eigenvalue weighted by atomic mass is 16.3. The van der Waals surface area contributed by atoms with Crippen LogP contribution in [0.15, 0.2) is 57.9 Å². The van der Waals surface area contributed by atoms with Crippen molar-refractivity contribution in [2.24, 2.45) is 0 Å². The summed E-state index contributed by atoms with van der Waals surface area (Å²) >= 11 is 0. The van der Waals surface area contributed by atoms with E-state index in [0.29, 0.717) is 22.8 Å². The number of carbonyl (C=O) groups is 1. The predicted molar refractivity (Wildman–Crippen MR) is 115 cm³/mol. The zero-order valence-corrected chi connectivity index (χ0v) is 17.0. The standard InChI is InChI=1S/C23H21N5O3/c1-14-7-2-3-8-15(14)21(29)25-20-13-18(19-11-6-12-31-19)27-28(20)23-24-17-10-5-4-9-16(17)22(30)26-23/h2-3,6-8,11-13H,4-5,9-10H2,1H3,(H,25,29)(H,24,26,30). The monoisotopic (exact) mass is 415 g/mol. The van der Waals surface area contributed by atoms with Crippen molar-refractivity contribution in [3.05, 3.63) is 81.5 Å². The molecule has 156 valence electrons. The third-order valence-corrected chi connectivity index (χ3v) is 5.49. The van der Waals surface area contributed by atoms with Crippen molar-refractivity contribution in [3.63, 3.8) is 0 Å². The number of hydrogen-bond acceptors (Lipinski definition) is 5. The van der Waals surface area contributed by atoms with Gasteiger partial charge in [-0.15, -0.1) is 0 Å². The number of benzene rings is 1. The molecule has 3 heterocycles. The number of carbonyl (C=O) groups excluding carboxylic acids is 1. The molecule has 8 heteroatoms. The molecule has 0 bridgehead atoms. The van der Waals surface area contributed by atoms with E-state index < -0.39 is 0 Å². The fourth-order valence-electron chi connectivity index (χ4n) is 3.88. The van der Waals surface area contributed by atoms with E-state index in [1.54, 1.807) is 30.5 Å². The molecule has 0 saturated heterocycles. The third kappa shape index (κ3) is 3.56. The van der Waals surface area contributed by atoms with Crippen molar-refractivity contribution < 1.29 is 9.21 Å². The Morgan fingerprint density at radius 1 is 1.16 bits per heavy atom. The van der Waals surface area contributed by atoms with Gasteiger partial charge in [0.2, 0.25) is 5.95 Å². The molecule has 3 aromatic heterocycles. The Hall–Kier alpha value is -3.94. The number of anilines is 1. The SMILES string of the molecule is Cc1ccccc1C(=O)Nc1cc(-c2ccco2)nn1-c1nc2c(c(=O)[nH]1)CCCC2. The maximum absolute atomic E-state index is 12.9. The summed E-state index contributed by atoms with van der Waals surface area (Å²) in [7, 11) is 0. The largest absolute Gasteiger partial charge is 0.463 e. The van der Waals surface area contributed by atoms with Gasteiger partial charge in [0.25, 0.3) is 11.5 Å². The number of H-pyrrole nitrogens is 1. The quantitative estimate of drug-likeness (QED) is 0.529. The third-order valence-electron chi connectivity index (χ3n) is 5.49. The Bertz CT molecular complexity index is 1320. The van der Waals surface area contributed by atoms with Crippen molar-refractivity contribution in [2.45, 2.75) is 32.6 Å². The van der Waals surface area contributed by atoms with Crippen LogP contribution in [0.4, 0.5) is 5.82 Å². The van der Waals surface area contributed by atoms with E-state index in [1.165, 1.54) is 4.68 Å². The number of rotatable bonds is 4. The Kier molecular flexibility index (Phi) is 4.74. The van der Waals surface area contributed by atoms with Gasteiger partial charge in [0.05, 0.1) is 12.0 Å². The molecular formula is C23H21N5O3. The van der Waals surface area contributed by atoms with Gasteiger partial charge in [0, 0.05) is 17.2 Å². The van der Waals surface area contributed by atoms with Gasteiger partial charge in [-0.05, 0) is 56.4 Å². The fourth-order valence-corrected chi connectivity index (χ4v) is 3.88. The van der Waals surface area contributed by atoms with Gasteiger partial charge in [-0.1, -0.05) is 18.2 Å². The molecule has 31 heavy (non-hydrogen) atoms. The molecule has 0 saturated carbocycles. The second-order valence-corrected chi connectivity index (χ2v) is 7.59. The zero-order valence-electron chi connectivity index (χ0n) is 17.0. The highest BCUT2D eigenvalue weighted by Gasteiger charge is 2.21. The van der Waals surface area contributed by atoms with Gasteiger partial charge in [-0.3, -0.25) is 14.6 Å². The predicted octanol–water partition coefficient (Wildman–Crippen LogP) is 3.66. The summed E-state index contributed by atoms with van der Waals surface area (Å²) in [5, 5.41) is 7.46. The summed E-state index contributed by atoms with van der Waals surface area (Å²) in [6.07, 6.45) is 5.02. The topological polar surface area (TPSA) is 106 Å². The highest BCUT2D eigenvalue weighted by Crippen LogP contribution is 2.25. The summed E-state index contributed by atoms with van der Waals surface area (Å²) < 4.78 is 6.91. The summed E-state index contributed by atoms with van der Waals surface area (Å²) in [5.74, 6) is 0.929. The minimum Gasteiger partial charge on any atom is -0.463 e. The molecule has 1 amide bonds. The Morgan fingerprint density at radius 2 is 2.00 bits per heavy atom. The van der Waals surface area contributed by atoms with Crippen LogP contribution < -0.4 is 10.9 Å². The number of aromatic amines is 1. The van der Waals surface area contributed by atoms with E-state index in [2.05, 4.69) is 20.4 Å². The molecular weight excluding hydrogens is 394 g/mol. The maximum atomic E-state index is 12.9. The number of nitrogens with one attached hydrogen (secondary N) is 2. The molecule has 1 aliphatic rings. The van der Waals surface area contributed by atoms with Gasteiger partial charge < -0.3 is 9.73 Å². The molecule has 8 nitrogen and oxygen atoms in total. The summed E-state index contributed by atoms with van der Waals surface area (Å²) in [4.78, 5) is 33.1. The summed E-state index contributed by atoms with van der Waals surface area (Å²) in [6.45, 7) is 1.88. The van der Waals surface area contributed by atoms with Gasteiger partial charge in [0.15, 0.2) is 5.76 Å². The molecule has 0 fully saturated rings. The lowest BCUT2D eigenvalue weighted by Crippen LogP contribution is -2.25. The van der Waals surface area contributed by atoms with Crippen LogP contribution in [0.1, 0.15) is 40.0 Å². The van der Waals surface area contributed by atoms with E-state index in [0.717, 1.165) is 42.5 Å². The fraction of sp³-hybridized carbons (Fsp3) is 0.217. The number of hydrogen-bond donors (Lipinski definition) is 2. The molecule has 5 rings (SSSR count). The van der Waals surface area contributed by atoms with Gasteiger partial charge >= 0.3 is 0 Å². The second kappa shape index (κ2) is 7.71. The van der Waals surface area contributed by atoms with Crippen LogP contribution in [0.5, 0.6) is 0 Å². The van der Waals surface area contributed by atoms with Gasteiger partial charge in [-0.25, -0.2) is 4.98 Å². The van der Waals surface area contributed by atoms with Crippen LogP contribution in [0.25, 0.3) is 17.4 Å². The van der Waals surface area contributed by atoms with Crippen LogP contribution in [-0.2, 0) is 12.8 Å². The number of amides is 1. The maximum Gasteiger partial charge on any atom is 0.257 e. The van der Waals surface area contributed by atoms with Gasteiger partial charge in [-0.2, -0.15) is 9.78 Å². The van der Waals surface area contributed by atoms with E-state index in [9.17, 15) is 9.59 Å². The lowest BCUT2D eigenvalue weighted by Gasteiger charge is -2.15. The molecule has 2 N–H and O–H groups in total. The van der Waals surface area contributed by atoms with Crippen LogP contribution in [0.3, 0.4) is 0 Å².